The van der Waals surface area contributed by atoms with Crippen molar-refractivity contribution in [2.45, 2.75) is 37.5 Å². The third-order valence-corrected chi connectivity index (χ3v) is 12.7. The van der Waals surface area contributed by atoms with Gasteiger partial charge in [-0.2, -0.15) is 0 Å². The van der Waals surface area contributed by atoms with Gasteiger partial charge in [-0.1, -0.05) is 91.0 Å². The number of rotatable bonds is 4. The van der Waals surface area contributed by atoms with Crippen molar-refractivity contribution < 1.29 is 0 Å². The van der Waals surface area contributed by atoms with Crippen LogP contribution < -0.4 is 4.90 Å². The van der Waals surface area contributed by atoms with E-state index < -0.39 is 0 Å². The number of hydrogen-bond donors (Lipinski definition) is 0. The molecule has 2 heteroatoms. The monoisotopic (exact) mass is 618 g/mol. The summed E-state index contributed by atoms with van der Waals surface area (Å²) in [5, 5.41) is 2.58. The average molecular weight is 619 g/mol. The zero-order chi connectivity index (χ0) is 31.4. The van der Waals surface area contributed by atoms with E-state index in [9.17, 15) is 0 Å². The van der Waals surface area contributed by atoms with Crippen LogP contribution in [0, 0.1) is 23.7 Å². The van der Waals surface area contributed by atoms with Gasteiger partial charge in [-0.05, 0) is 133 Å². The molecule has 232 valence electrons. The number of anilines is 3. The van der Waals surface area contributed by atoms with E-state index in [0.29, 0.717) is 0 Å². The van der Waals surface area contributed by atoms with Crippen LogP contribution in [0.3, 0.4) is 0 Å². The molecule has 7 aromatic rings. The van der Waals surface area contributed by atoms with E-state index in [-0.39, 0.29) is 5.41 Å². The predicted molar refractivity (Wildman–Crippen MR) is 199 cm³/mol. The van der Waals surface area contributed by atoms with Crippen LogP contribution in [0.5, 0.6) is 0 Å². The molecule has 5 aliphatic carbocycles. The number of aromatic nitrogens is 1. The molecule has 0 amide bonds. The Hall–Kier alpha value is -5.08. The summed E-state index contributed by atoms with van der Waals surface area (Å²) >= 11 is 0. The zero-order valence-corrected chi connectivity index (χ0v) is 27.1. The van der Waals surface area contributed by atoms with Crippen molar-refractivity contribution in [3.8, 4) is 16.8 Å². The summed E-state index contributed by atoms with van der Waals surface area (Å²) in [6, 6.07) is 54.6. The molecule has 1 heterocycles. The van der Waals surface area contributed by atoms with E-state index in [4.69, 9.17) is 0 Å². The first-order valence-electron chi connectivity index (χ1n) is 18.0. The highest BCUT2D eigenvalue weighted by molar-refractivity contribution is 6.09. The van der Waals surface area contributed by atoms with Crippen molar-refractivity contribution in [2.75, 3.05) is 4.90 Å². The molecule has 0 saturated heterocycles. The number of para-hydroxylation sites is 3. The third-order valence-electron chi connectivity index (χ3n) is 12.7. The molecule has 0 N–H and O–H groups in total. The number of fused-ring (bicyclic) bond motifs is 6. The fraction of sp³-hybridized carbons (Fsp3) is 0.217. The van der Waals surface area contributed by atoms with Gasteiger partial charge < -0.3 is 9.47 Å². The van der Waals surface area contributed by atoms with Gasteiger partial charge in [0.05, 0.1) is 11.0 Å². The minimum atomic E-state index is 0.141. The molecule has 2 nitrogen and oxygen atoms in total. The smallest absolute Gasteiger partial charge is 0.0541 e. The van der Waals surface area contributed by atoms with Crippen LogP contribution in [0.2, 0.25) is 0 Å². The Kier molecular flexibility index (Phi) is 5.59. The van der Waals surface area contributed by atoms with Crippen molar-refractivity contribution in [3.63, 3.8) is 0 Å². The van der Waals surface area contributed by atoms with Crippen molar-refractivity contribution in [2.24, 2.45) is 23.7 Å². The summed E-state index contributed by atoms with van der Waals surface area (Å²) in [6.45, 7) is 0. The molecule has 0 radical (unpaired) electrons. The number of nitrogens with zero attached hydrogens (tertiary/aromatic N) is 2. The maximum absolute atomic E-state index is 2.61. The van der Waals surface area contributed by atoms with Crippen LogP contribution >= 0.6 is 0 Å². The summed E-state index contributed by atoms with van der Waals surface area (Å²) in [5.41, 5.74) is 13.6. The molecule has 0 atom stereocenters. The fourth-order valence-electron chi connectivity index (χ4n) is 11.3. The van der Waals surface area contributed by atoms with E-state index >= 15 is 0 Å². The standard InChI is InChI=1S/C46H38N2/c1-2-11-34(12-3-1)47(35-13-10-14-36(28-35)48-44-19-8-5-16-40(44)41-17-6-9-20-45(41)48)37-21-22-39-38-15-4-7-18-42(38)46(43(39)29-37)32-24-30-23-31(26-32)27-33(46)25-30/h1-22,28-33H,23-27H2. The summed E-state index contributed by atoms with van der Waals surface area (Å²) in [5.74, 6) is 3.36. The summed E-state index contributed by atoms with van der Waals surface area (Å²) in [7, 11) is 0. The van der Waals surface area contributed by atoms with Crippen molar-refractivity contribution >= 4 is 38.9 Å². The summed E-state index contributed by atoms with van der Waals surface area (Å²) < 4.78 is 2.43. The molecular weight excluding hydrogens is 581 g/mol. The summed E-state index contributed by atoms with van der Waals surface area (Å²) in [6.07, 6.45) is 7.06. The van der Waals surface area contributed by atoms with E-state index in [1.54, 1.807) is 11.1 Å². The minimum absolute atomic E-state index is 0.141. The van der Waals surface area contributed by atoms with Gasteiger partial charge in [-0.15, -0.1) is 0 Å². The Balaban J connectivity index is 1.11. The highest BCUT2D eigenvalue weighted by Gasteiger charge is 2.61. The quantitative estimate of drug-likeness (QED) is 0.190. The van der Waals surface area contributed by atoms with Crippen LogP contribution in [0.4, 0.5) is 17.1 Å². The maximum atomic E-state index is 2.61. The summed E-state index contributed by atoms with van der Waals surface area (Å²) in [4.78, 5) is 2.49. The van der Waals surface area contributed by atoms with Crippen molar-refractivity contribution in [3.05, 3.63) is 157 Å². The van der Waals surface area contributed by atoms with Gasteiger partial charge in [0, 0.05) is 38.9 Å². The van der Waals surface area contributed by atoms with E-state index in [0.717, 1.165) is 23.7 Å². The van der Waals surface area contributed by atoms with Crippen LogP contribution in [-0.2, 0) is 5.41 Å². The fourth-order valence-corrected chi connectivity index (χ4v) is 11.3. The van der Waals surface area contributed by atoms with Gasteiger partial charge in [0.25, 0.3) is 0 Å². The Labute approximate surface area is 282 Å². The van der Waals surface area contributed by atoms with Crippen LogP contribution in [0.1, 0.15) is 43.2 Å². The second-order valence-electron chi connectivity index (χ2n) is 15.0. The maximum Gasteiger partial charge on any atom is 0.0541 e. The van der Waals surface area contributed by atoms with Gasteiger partial charge in [0.2, 0.25) is 0 Å². The van der Waals surface area contributed by atoms with Gasteiger partial charge >= 0.3 is 0 Å². The van der Waals surface area contributed by atoms with Crippen molar-refractivity contribution in [1.29, 1.82) is 0 Å². The lowest BCUT2D eigenvalue weighted by Crippen LogP contribution is -2.55. The predicted octanol–water partition coefficient (Wildman–Crippen LogP) is 12.0. The largest absolute Gasteiger partial charge is 0.310 e. The van der Waals surface area contributed by atoms with Gasteiger partial charge in [-0.25, -0.2) is 0 Å². The van der Waals surface area contributed by atoms with Crippen LogP contribution in [0.25, 0.3) is 38.6 Å². The second kappa shape index (κ2) is 9.97. The molecule has 0 aliphatic heterocycles. The lowest BCUT2D eigenvalue weighted by molar-refractivity contribution is -0.0399. The Morgan fingerprint density at radius 2 is 1.04 bits per heavy atom. The molecule has 0 unspecified atom stereocenters. The minimum Gasteiger partial charge on any atom is -0.310 e. The van der Waals surface area contributed by atoms with E-state index in [1.165, 1.54) is 87.8 Å². The molecular formula is C46H38N2. The first-order valence-corrected chi connectivity index (χ1v) is 18.0. The molecule has 4 bridgehead atoms. The molecule has 1 spiro atoms. The second-order valence-corrected chi connectivity index (χ2v) is 15.0. The van der Waals surface area contributed by atoms with Gasteiger partial charge in [0.15, 0.2) is 0 Å². The molecule has 4 saturated carbocycles. The van der Waals surface area contributed by atoms with Gasteiger partial charge in [-0.3, -0.25) is 0 Å². The molecule has 12 rings (SSSR count). The Morgan fingerprint density at radius 1 is 0.458 bits per heavy atom. The molecule has 6 aromatic carbocycles. The highest BCUT2D eigenvalue weighted by atomic mass is 15.1. The Bertz CT molecular complexity index is 2300. The topological polar surface area (TPSA) is 8.17 Å². The number of hydrogen-bond acceptors (Lipinski definition) is 1. The van der Waals surface area contributed by atoms with Crippen LogP contribution in [-0.4, -0.2) is 4.57 Å². The third kappa shape index (κ3) is 3.58. The average Bonchev–Trinajstić information content (AvgIpc) is 3.62. The SMILES string of the molecule is c1ccc(N(c2cccc(-n3c4ccccc4c4ccccc43)c2)c2ccc3c(c2)C2(c4ccccc4-3)C3CC4CC(C3)CC2C4)cc1. The lowest BCUT2D eigenvalue weighted by atomic mass is 9.43. The van der Waals surface area contributed by atoms with E-state index in [2.05, 4.69) is 155 Å². The van der Waals surface area contributed by atoms with Gasteiger partial charge in [0.1, 0.15) is 0 Å². The normalized spacial score (nSPS) is 24.8. The Morgan fingerprint density at radius 3 is 1.77 bits per heavy atom. The first kappa shape index (κ1) is 26.9. The van der Waals surface area contributed by atoms with Crippen LogP contribution in [0.15, 0.2) is 146 Å². The lowest BCUT2D eigenvalue weighted by Gasteiger charge is -2.61. The molecule has 48 heavy (non-hydrogen) atoms. The molecule has 4 fully saturated rings. The molecule has 1 aromatic heterocycles. The molecule has 5 aliphatic rings. The van der Waals surface area contributed by atoms with Crippen molar-refractivity contribution in [1.82, 2.24) is 4.57 Å². The first-order chi connectivity index (χ1) is 23.8. The zero-order valence-electron chi connectivity index (χ0n) is 27.1. The van der Waals surface area contributed by atoms with E-state index in [1.807, 2.05) is 0 Å². The highest BCUT2D eigenvalue weighted by Crippen LogP contribution is 2.69. The number of benzene rings is 6.